The van der Waals surface area contributed by atoms with Crippen LogP contribution in [-0.2, 0) is 20.7 Å². The van der Waals surface area contributed by atoms with Crippen molar-refractivity contribution in [3.8, 4) is 0 Å². The van der Waals surface area contributed by atoms with Crippen molar-refractivity contribution in [2.24, 2.45) is 0 Å². The molecule has 0 radical (unpaired) electrons. The highest BCUT2D eigenvalue weighted by Gasteiger charge is 2.52. The number of ether oxygens (including phenoxy) is 1. The van der Waals surface area contributed by atoms with Crippen molar-refractivity contribution in [1.82, 2.24) is 5.32 Å². The third-order valence-electron chi connectivity index (χ3n) is 6.09. The standard InChI is InChI=1S/C25H31BFNO4/c1-17-12-21(27)13-18(2)22(17)14-20(26-31-24(3,4)25(5,6)32-26)15-28-23(29)30-16-19-10-8-7-9-11-19/h7-14H,15-16H2,1-6H3,(H,28,29). The number of amides is 1. The molecule has 0 atom stereocenters. The fourth-order valence-corrected chi connectivity index (χ4v) is 3.48. The zero-order valence-electron chi connectivity index (χ0n) is 19.6. The summed E-state index contributed by atoms with van der Waals surface area (Å²) in [5.41, 5.74) is 3.02. The van der Waals surface area contributed by atoms with Crippen LogP contribution in [-0.4, -0.2) is 31.0 Å². The van der Waals surface area contributed by atoms with Crippen LogP contribution in [0.25, 0.3) is 6.08 Å². The highest BCUT2D eigenvalue weighted by atomic mass is 19.1. The van der Waals surface area contributed by atoms with Crippen molar-refractivity contribution in [3.05, 3.63) is 76.0 Å². The van der Waals surface area contributed by atoms with E-state index in [-0.39, 0.29) is 19.0 Å². The second kappa shape index (κ2) is 9.47. The molecule has 1 aliphatic rings. The van der Waals surface area contributed by atoms with Gasteiger partial charge in [0.2, 0.25) is 0 Å². The van der Waals surface area contributed by atoms with Gasteiger partial charge in [0.15, 0.2) is 0 Å². The van der Waals surface area contributed by atoms with E-state index in [1.54, 1.807) is 0 Å². The number of hydrogen-bond donors (Lipinski definition) is 1. The van der Waals surface area contributed by atoms with E-state index in [2.05, 4.69) is 5.32 Å². The Bertz CT molecular complexity index is 965. The van der Waals surface area contributed by atoms with Crippen LogP contribution in [0.15, 0.2) is 47.9 Å². The molecule has 0 unspecified atom stereocenters. The summed E-state index contributed by atoms with van der Waals surface area (Å²) in [7, 11) is -0.654. The Morgan fingerprint density at radius 2 is 1.62 bits per heavy atom. The highest BCUT2D eigenvalue weighted by Crippen LogP contribution is 2.39. The summed E-state index contributed by atoms with van der Waals surface area (Å²) in [6.45, 7) is 11.9. The topological polar surface area (TPSA) is 56.8 Å². The summed E-state index contributed by atoms with van der Waals surface area (Å²) in [6.07, 6.45) is 1.37. The molecule has 0 spiro atoms. The fraction of sp³-hybridized carbons (Fsp3) is 0.400. The first-order chi connectivity index (χ1) is 15.0. The van der Waals surface area contributed by atoms with Gasteiger partial charge in [-0.3, -0.25) is 0 Å². The van der Waals surface area contributed by atoms with Gasteiger partial charge in [-0.05, 0) is 81.4 Å². The molecule has 7 heteroatoms. The first-order valence-electron chi connectivity index (χ1n) is 10.8. The largest absolute Gasteiger partial charge is 0.492 e. The smallest absolute Gasteiger partial charge is 0.445 e. The van der Waals surface area contributed by atoms with E-state index in [0.717, 1.165) is 27.7 Å². The molecule has 2 aromatic carbocycles. The molecule has 1 saturated heterocycles. The van der Waals surface area contributed by atoms with E-state index in [4.69, 9.17) is 14.0 Å². The van der Waals surface area contributed by atoms with Gasteiger partial charge in [0.25, 0.3) is 0 Å². The zero-order chi connectivity index (χ0) is 23.5. The van der Waals surface area contributed by atoms with Crippen molar-refractivity contribution in [2.75, 3.05) is 6.54 Å². The fourth-order valence-electron chi connectivity index (χ4n) is 3.48. The summed E-state index contributed by atoms with van der Waals surface area (Å²) >= 11 is 0. The van der Waals surface area contributed by atoms with Crippen LogP contribution >= 0.6 is 0 Å². The second-order valence-electron chi connectivity index (χ2n) is 9.18. The van der Waals surface area contributed by atoms with Crippen LogP contribution in [0.2, 0.25) is 0 Å². The van der Waals surface area contributed by atoms with Gasteiger partial charge in [0.05, 0.1) is 11.2 Å². The molecule has 0 bridgehead atoms. The number of alkyl carbamates (subject to hydrolysis) is 1. The third-order valence-corrected chi connectivity index (χ3v) is 6.09. The van der Waals surface area contributed by atoms with Gasteiger partial charge in [-0.2, -0.15) is 0 Å². The molecule has 32 heavy (non-hydrogen) atoms. The number of hydrogen-bond acceptors (Lipinski definition) is 4. The van der Waals surface area contributed by atoms with Gasteiger partial charge in [-0.1, -0.05) is 36.4 Å². The normalized spacial score (nSPS) is 17.3. The molecule has 0 saturated carbocycles. The summed E-state index contributed by atoms with van der Waals surface area (Å²) in [4.78, 5) is 12.3. The molecule has 0 aliphatic carbocycles. The summed E-state index contributed by atoms with van der Waals surface area (Å²) in [6, 6.07) is 12.5. The van der Waals surface area contributed by atoms with Crippen molar-refractivity contribution in [3.63, 3.8) is 0 Å². The monoisotopic (exact) mass is 439 g/mol. The number of benzene rings is 2. The minimum absolute atomic E-state index is 0.167. The highest BCUT2D eigenvalue weighted by molar-refractivity contribution is 6.56. The lowest BCUT2D eigenvalue weighted by atomic mass is 9.76. The average molecular weight is 439 g/mol. The number of nitrogens with one attached hydrogen (secondary N) is 1. The minimum atomic E-state index is -0.654. The molecule has 2 aromatic rings. The van der Waals surface area contributed by atoms with Crippen molar-refractivity contribution in [2.45, 2.75) is 59.4 Å². The van der Waals surface area contributed by atoms with E-state index in [9.17, 15) is 9.18 Å². The van der Waals surface area contributed by atoms with Crippen molar-refractivity contribution < 1.29 is 23.2 Å². The Morgan fingerprint density at radius 1 is 1.06 bits per heavy atom. The average Bonchev–Trinajstić information content (AvgIpc) is 2.93. The van der Waals surface area contributed by atoms with E-state index in [1.807, 2.05) is 78.0 Å². The predicted octanol–water partition coefficient (Wildman–Crippen LogP) is 5.38. The Hall–Kier alpha value is -2.64. The number of rotatable bonds is 6. The molecule has 3 rings (SSSR count). The van der Waals surface area contributed by atoms with Crippen LogP contribution in [0.1, 0.15) is 49.9 Å². The zero-order valence-corrected chi connectivity index (χ0v) is 19.6. The Morgan fingerprint density at radius 3 is 2.19 bits per heavy atom. The molecule has 170 valence electrons. The van der Waals surface area contributed by atoms with Crippen LogP contribution in [0.3, 0.4) is 0 Å². The second-order valence-corrected chi connectivity index (χ2v) is 9.18. The van der Waals surface area contributed by atoms with Crippen molar-refractivity contribution >= 4 is 19.3 Å². The molecule has 1 aliphatic heterocycles. The Kier molecular flexibility index (Phi) is 7.11. The van der Waals surface area contributed by atoms with Gasteiger partial charge in [-0.25, -0.2) is 9.18 Å². The Labute approximate surface area is 190 Å². The van der Waals surface area contributed by atoms with Gasteiger partial charge >= 0.3 is 13.2 Å². The molecule has 1 fully saturated rings. The summed E-state index contributed by atoms with van der Waals surface area (Å²) < 4.78 is 31.5. The Balaban J connectivity index is 1.79. The van der Waals surface area contributed by atoms with Crippen molar-refractivity contribution in [1.29, 1.82) is 0 Å². The molecular weight excluding hydrogens is 408 g/mol. The molecule has 1 N–H and O–H groups in total. The maximum atomic E-state index is 13.8. The van der Waals surface area contributed by atoms with Crippen LogP contribution < -0.4 is 5.32 Å². The number of carbonyl (C=O) groups is 1. The number of aryl methyl sites for hydroxylation is 2. The first-order valence-corrected chi connectivity index (χ1v) is 10.8. The van der Waals surface area contributed by atoms with Gasteiger partial charge < -0.3 is 19.4 Å². The summed E-state index contributed by atoms with van der Waals surface area (Å²) in [5, 5.41) is 2.79. The molecule has 5 nitrogen and oxygen atoms in total. The van der Waals surface area contributed by atoms with Crippen LogP contribution in [0, 0.1) is 19.7 Å². The van der Waals surface area contributed by atoms with E-state index >= 15 is 0 Å². The number of carbonyl (C=O) groups excluding carboxylic acids is 1. The van der Waals surface area contributed by atoms with Gasteiger partial charge in [0, 0.05) is 6.54 Å². The molecular formula is C25H31BFNO4. The van der Waals surface area contributed by atoms with Gasteiger partial charge in [0.1, 0.15) is 12.4 Å². The quantitative estimate of drug-likeness (QED) is 0.614. The maximum Gasteiger partial charge on any atom is 0.492 e. The van der Waals surface area contributed by atoms with E-state index in [0.29, 0.717) is 0 Å². The minimum Gasteiger partial charge on any atom is -0.445 e. The van der Waals surface area contributed by atoms with Gasteiger partial charge in [-0.15, -0.1) is 0 Å². The first kappa shape index (κ1) is 24.0. The maximum absolute atomic E-state index is 13.8. The van der Waals surface area contributed by atoms with E-state index in [1.165, 1.54) is 12.1 Å². The third kappa shape index (κ3) is 5.58. The molecule has 1 amide bonds. The summed E-state index contributed by atoms with van der Waals surface area (Å²) in [5.74, 6) is -0.281. The molecule has 1 heterocycles. The predicted molar refractivity (Wildman–Crippen MR) is 125 cm³/mol. The lowest BCUT2D eigenvalue weighted by Crippen LogP contribution is -2.41. The lowest BCUT2D eigenvalue weighted by Gasteiger charge is -2.32. The van der Waals surface area contributed by atoms with Crippen LogP contribution in [0.5, 0.6) is 0 Å². The number of halogens is 1. The van der Waals surface area contributed by atoms with Crippen LogP contribution in [0.4, 0.5) is 9.18 Å². The lowest BCUT2D eigenvalue weighted by molar-refractivity contribution is 0.00578. The molecule has 0 aromatic heterocycles. The van der Waals surface area contributed by atoms with E-state index < -0.39 is 24.4 Å². The SMILES string of the molecule is Cc1cc(F)cc(C)c1C=C(CNC(=O)OCc1ccccc1)B1OC(C)(C)C(C)(C)O1.